The molecule has 0 saturated carbocycles. The number of nitrogens with zero attached hydrogens (tertiary/aromatic N) is 4. The predicted molar refractivity (Wildman–Crippen MR) is 135 cm³/mol. The number of nitrogens with one attached hydrogen (secondary N) is 1. The Kier molecular flexibility index (Phi) is 6.58. The molecule has 0 aliphatic rings. The van der Waals surface area contributed by atoms with Gasteiger partial charge in [0.05, 0.1) is 27.7 Å². The summed E-state index contributed by atoms with van der Waals surface area (Å²) in [6.07, 6.45) is 1.66. The van der Waals surface area contributed by atoms with Crippen molar-refractivity contribution in [2.24, 2.45) is 0 Å². The molecule has 0 amide bonds. The zero-order valence-corrected chi connectivity index (χ0v) is 20.6. The molecule has 0 atom stereocenters. The van der Waals surface area contributed by atoms with E-state index < -0.39 is 15.1 Å². The second-order valence-corrected chi connectivity index (χ2v) is 10.9. The second kappa shape index (κ2) is 9.44. The van der Waals surface area contributed by atoms with Crippen LogP contribution in [0.1, 0.15) is 33.5 Å². The number of sulfone groups is 1. The van der Waals surface area contributed by atoms with Gasteiger partial charge in [-0.25, -0.2) is 13.4 Å². The van der Waals surface area contributed by atoms with Crippen LogP contribution >= 0.6 is 0 Å². The molecule has 0 aliphatic heterocycles. The average Bonchev–Trinajstić information content (AvgIpc) is 3.30. The van der Waals surface area contributed by atoms with E-state index in [-0.39, 0.29) is 8.74 Å². The van der Waals surface area contributed by atoms with Crippen LogP contribution in [0.2, 0.25) is 0 Å². The summed E-state index contributed by atoms with van der Waals surface area (Å²) in [4.78, 5) is 9.50. The molecule has 0 radical (unpaired) electrons. The summed E-state index contributed by atoms with van der Waals surface area (Å²) >= 11 is 0. The molecule has 0 unspecified atom stereocenters. The monoisotopic (exact) mass is 481 g/mol. The first-order valence-corrected chi connectivity index (χ1v) is 12.5. The van der Waals surface area contributed by atoms with Gasteiger partial charge in [0.2, 0.25) is 5.89 Å². The number of benzene rings is 2. The van der Waals surface area contributed by atoms with E-state index in [2.05, 4.69) is 20.5 Å². The lowest BCUT2D eigenvalue weighted by Crippen LogP contribution is -2.14. The summed E-state index contributed by atoms with van der Waals surface area (Å²) in [7, 11) is -1.46. The van der Waals surface area contributed by atoms with Crippen molar-refractivity contribution < 1.29 is 15.7 Å². The van der Waals surface area contributed by atoms with Gasteiger partial charge in [0.1, 0.15) is 5.69 Å². The van der Waals surface area contributed by atoms with E-state index in [1.54, 1.807) is 38.2 Å². The van der Waals surface area contributed by atoms with Gasteiger partial charge in [-0.2, -0.15) is 0 Å². The molecule has 1 N–H and O–H groups in total. The van der Waals surface area contributed by atoms with Gasteiger partial charge in [-0.05, 0) is 70.1 Å². The fourth-order valence-electron chi connectivity index (χ4n) is 3.56. The third kappa shape index (κ3) is 4.62. The van der Waals surface area contributed by atoms with E-state index >= 15 is 0 Å². The van der Waals surface area contributed by atoms with E-state index in [4.69, 9.17) is 9.40 Å². The highest BCUT2D eigenvalue weighted by atomic mass is 32.2. The van der Waals surface area contributed by atoms with Crippen molar-refractivity contribution in [1.29, 1.82) is 0 Å². The number of hydrogen-bond acceptors (Lipinski definition) is 8. The summed E-state index contributed by atoms with van der Waals surface area (Å²) in [5, 5.41) is 11.0. The zero-order chi connectivity index (χ0) is 24.5. The first kappa shape index (κ1) is 23.7. The van der Waals surface area contributed by atoms with Crippen LogP contribution in [-0.2, 0) is 16.4 Å². The van der Waals surface area contributed by atoms with Crippen LogP contribution in [0, 0.1) is 13.8 Å². The first-order valence-electron chi connectivity index (χ1n) is 11.0. The van der Waals surface area contributed by atoms with Crippen LogP contribution in [0.5, 0.6) is 0 Å². The number of hydrogen-bond donors (Lipinski definition) is 1. The van der Waals surface area contributed by atoms with Crippen LogP contribution in [0.25, 0.3) is 34.3 Å². The molecule has 0 saturated heterocycles. The Labute approximate surface area is 202 Å². The van der Waals surface area contributed by atoms with Crippen LogP contribution in [0.15, 0.2) is 58.0 Å². The minimum Gasteiger partial charge on any atom is -0.415 e. The summed E-state index contributed by atoms with van der Waals surface area (Å²) < 4.78 is 31.0. The molecular weight excluding hydrogens is 450 g/mol. The third-order valence-corrected chi connectivity index (χ3v) is 7.74. The van der Waals surface area contributed by atoms with Crippen LogP contribution in [-0.4, -0.2) is 40.9 Å². The second-order valence-electron chi connectivity index (χ2n) is 8.40. The Morgan fingerprint density at radius 3 is 2.38 bits per heavy atom. The fraction of sp³-hybridized carbons (Fsp3) is 0.280. The molecule has 0 fully saturated rings. The zero-order valence-electron chi connectivity index (χ0n) is 19.8. The van der Waals surface area contributed by atoms with Crippen molar-refractivity contribution in [3.63, 3.8) is 0 Å². The molecule has 34 heavy (non-hydrogen) atoms. The van der Waals surface area contributed by atoms with Gasteiger partial charge in [0.25, 0.3) is 5.89 Å². The maximum absolute atomic E-state index is 12.5. The van der Waals surface area contributed by atoms with Gasteiger partial charge in [0, 0.05) is 20.5 Å². The van der Waals surface area contributed by atoms with Crippen molar-refractivity contribution in [2.45, 2.75) is 44.4 Å². The Bertz CT molecular complexity index is 1440. The highest BCUT2D eigenvalue weighted by Crippen LogP contribution is 2.29. The molecule has 0 aliphatic carbocycles. The Hall–Kier alpha value is -3.43. The van der Waals surface area contributed by atoms with E-state index in [1.165, 1.54) is 0 Å². The predicted octanol–water partition coefficient (Wildman–Crippen LogP) is 4.87. The van der Waals surface area contributed by atoms with Gasteiger partial charge in [-0.3, -0.25) is 4.98 Å². The minimum atomic E-state index is -3.36. The van der Waals surface area contributed by atoms with Crippen LogP contribution in [0.3, 0.4) is 0 Å². The van der Waals surface area contributed by atoms with E-state index in [9.17, 15) is 8.42 Å². The molecule has 2 aromatic carbocycles. The number of rotatable bonds is 7. The van der Waals surface area contributed by atoms with Crippen molar-refractivity contribution in [3.8, 4) is 34.3 Å². The molecule has 0 bridgehead atoms. The lowest BCUT2D eigenvalue weighted by molar-refractivity contribution is 0.581. The molecule has 9 heteroatoms. The van der Waals surface area contributed by atoms with Gasteiger partial charge in [0.15, 0.2) is 9.84 Å². The van der Waals surface area contributed by atoms with E-state index in [0.717, 1.165) is 28.8 Å². The number of aryl methyl sites for hydroxylation is 2. The SMILES string of the molecule is CNCc1ccc(-c2nnc(-c3nc(-c4ccc(S(=O)(=O)C(C)C)cc4C)cnc3C)o2)cc1.[HH].[HH]. The molecular formula is C25H31N5O3S. The van der Waals surface area contributed by atoms with Crippen LogP contribution in [0.4, 0.5) is 0 Å². The molecule has 2 aromatic heterocycles. The third-order valence-electron chi connectivity index (χ3n) is 5.59. The fourth-order valence-corrected chi connectivity index (χ4v) is 4.70. The lowest BCUT2D eigenvalue weighted by atomic mass is 10.1. The smallest absolute Gasteiger partial charge is 0.268 e. The Morgan fingerprint density at radius 1 is 1.03 bits per heavy atom. The van der Waals surface area contributed by atoms with E-state index in [1.807, 2.05) is 45.2 Å². The molecule has 4 rings (SSSR count). The summed E-state index contributed by atoms with van der Waals surface area (Å²) in [5.41, 5.74) is 5.29. The highest BCUT2D eigenvalue weighted by molar-refractivity contribution is 7.92. The van der Waals surface area contributed by atoms with Crippen molar-refractivity contribution >= 4 is 9.84 Å². The van der Waals surface area contributed by atoms with Crippen molar-refractivity contribution in [2.75, 3.05) is 7.05 Å². The van der Waals surface area contributed by atoms with Gasteiger partial charge in [-0.1, -0.05) is 18.2 Å². The normalized spacial score (nSPS) is 11.8. The minimum absolute atomic E-state index is 0. The van der Waals surface area contributed by atoms with Gasteiger partial charge >= 0.3 is 0 Å². The lowest BCUT2D eigenvalue weighted by Gasteiger charge is -2.12. The summed E-state index contributed by atoms with van der Waals surface area (Å²) in [6, 6.07) is 12.9. The van der Waals surface area contributed by atoms with Crippen molar-refractivity contribution in [1.82, 2.24) is 25.5 Å². The molecule has 0 spiro atoms. The average molecular weight is 482 g/mol. The molecule has 4 aromatic rings. The van der Waals surface area contributed by atoms with Crippen molar-refractivity contribution in [3.05, 3.63) is 65.5 Å². The largest absolute Gasteiger partial charge is 0.415 e. The van der Waals surface area contributed by atoms with Gasteiger partial charge in [-0.15, -0.1) is 10.2 Å². The maximum atomic E-state index is 12.5. The van der Waals surface area contributed by atoms with Crippen LogP contribution < -0.4 is 5.32 Å². The van der Waals surface area contributed by atoms with E-state index in [0.29, 0.717) is 27.9 Å². The molecule has 180 valence electrons. The maximum Gasteiger partial charge on any atom is 0.268 e. The Balaban J connectivity index is 0.00000228. The molecule has 2 heterocycles. The summed E-state index contributed by atoms with van der Waals surface area (Å²) in [6.45, 7) is 7.81. The standard InChI is InChI=1S/C25H27N5O3S.2H2/c1-15(2)34(31,32)20-10-11-21(16(3)12-20)22-14-27-17(4)23(28-22)25-30-29-24(33-25)19-8-6-18(7-9-19)13-26-5;;/h6-12,14-15,26H,13H2,1-5H3;2*1H. The molecule has 8 nitrogen and oxygen atoms in total. The Morgan fingerprint density at radius 2 is 1.74 bits per heavy atom. The number of aromatic nitrogens is 4. The highest BCUT2D eigenvalue weighted by Gasteiger charge is 2.21. The van der Waals surface area contributed by atoms with Gasteiger partial charge < -0.3 is 9.73 Å². The topological polar surface area (TPSA) is 111 Å². The quantitative estimate of drug-likeness (QED) is 0.398. The summed E-state index contributed by atoms with van der Waals surface area (Å²) in [5.74, 6) is 0.676. The first-order chi connectivity index (χ1) is 16.2.